The fraction of sp³-hybridized carbons (Fsp3) is 0.415. The number of nitrogens with two attached hydrogens (primary N) is 1. The highest BCUT2D eigenvalue weighted by molar-refractivity contribution is 5.98. The lowest BCUT2D eigenvalue weighted by Gasteiger charge is -2.20. The number of aliphatic hydroxyl groups is 18. The first kappa shape index (κ1) is 93.9. The molecule has 4 aromatic carbocycles. The standard InChI is InChI=1S/C82H106N20O20/c1-42(104)70(81(121)99-61(31-46-36-87-54-21-9-5-17-50(46)54)75(115)94-58(72(85)112)25-14-16-30-86-44(3)106)101-78(118)63(33-48-38-89-56-23-11-7-19-52(48)56)97-74(114)59(26-13-15-29-83)95-77(117)65(35-67(84)108)93-68(109)40-91-73(113)60(27-28-69(110)111)96-76(116)62(32-47-37-88-55-22-10-6-18-51(47)55)100-82(122)71(43(2)105)102-79(119)64(98-80(120)66(41-103)92-45(4)107)34-49-39-90-57-24-12-8-20-53(49)57/h5-12,17-24,36-39,42-43,58-66,70-71,87-90,103-105H,13-16,25-35,40-41,83H2,1-4H3,(H2,84,108)(H2,85,112)(H,86,106)(H,91,113)(H,92,107)(H,93,109)(H,94,115)(H,95,117)(H,96,116)(H,97,114)(H,98,120)(H,99,121)(H,100,122)(H,101,118)(H,102,119)(H,110,111)/t42-,43-,58+,59+,60+,61+,62+,63+,64+,65+,66+,70+,71+/m1/s1. The van der Waals surface area contributed by atoms with Crippen LogP contribution in [0.1, 0.15) is 108 Å². The van der Waals surface area contributed by atoms with E-state index in [-0.39, 0.29) is 63.9 Å². The lowest BCUT2D eigenvalue weighted by molar-refractivity contribution is -0.137. The van der Waals surface area contributed by atoms with Gasteiger partial charge in [0.1, 0.15) is 54.9 Å². The van der Waals surface area contributed by atoms with E-state index < -0.39 is 200 Å². The number of para-hydroxylation sites is 4. The topological polar surface area (TPSA) is 699 Å². The van der Waals surface area contributed by atoms with Crippen LogP contribution in [0, 0.1) is 10.8 Å². The third-order valence-corrected chi connectivity index (χ3v) is 19.4. The van der Waals surface area contributed by atoms with Gasteiger partial charge in [0.2, 0.25) is 70.8 Å². The summed E-state index contributed by atoms with van der Waals surface area (Å²) in [6.07, 6.45) is 1.00. The van der Waals surface area contributed by atoms with Gasteiger partial charge < -0.3 is 123 Å². The van der Waals surface area contributed by atoms with Gasteiger partial charge in [-0.15, -0.1) is 0 Å². The molecule has 0 saturated carbocycles. The second kappa shape index (κ2) is 45.5. The number of hydrogen-bond donors (Lipinski definition) is 26. The van der Waals surface area contributed by atoms with E-state index in [0.717, 1.165) is 0 Å². The van der Waals surface area contributed by atoms with Crippen LogP contribution in [-0.4, -0.2) is 316 Å². The molecule has 0 saturated heterocycles. The minimum Gasteiger partial charge on any atom is -0.497 e. The summed E-state index contributed by atoms with van der Waals surface area (Å²) < 4.78 is 0. The molecule has 40 heteroatoms. The summed E-state index contributed by atoms with van der Waals surface area (Å²) in [6, 6.07) is 10.0. The van der Waals surface area contributed by atoms with Crippen LogP contribution < -0.4 is 5.73 Å². The van der Waals surface area contributed by atoms with Crippen molar-refractivity contribution in [2.24, 2.45) is 70.6 Å². The number of nitrogens with one attached hydrogen (secondary N) is 6. The molecule has 0 fully saturated rings. The first-order valence-electron chi connectivity index (χ1n) is 39.2. The van der Waals surface area contributed by atoms with Crippen LogP contribution >= 0.6 is 0 Å². The van der Waals surface area contributed by atoms with Gasteiger partial charge in [0.05, 0.1) is 25.2 Å². The van der Waals surface area contributed by atoms with Crippen LogP contribution in [0.3, 0.4) is 0 Å². The first-order valence-corrected chi connectivity index (χ1v) is 39.2. The highest BCUT2D eigenvalue weighted by Gasteiger charge is 2.34. The third-order valence-electron chi connectivity index (χ3n) is 19.4. The molecule has 0 bridgehead atoms. The predicted molar refractivity (Wildman–Crippen MR) is 471 cm³/mol. The van der Waals surface area contributed by atoms with Gasteiger partial charge in [0, 0.05) is 121 Å². The number of aliphatic hydroxyl groups excluding tert-OH is 18. The lowest BCUT2D eigenvalue weighted by Crippen LogP contribution is -2.36. The molecule has 4 heterocycles. The van der Waals surface area contributed by atoms with Crippen LogP contribution in [0.4, 0.5) is 0 Å². The molecule has 122 heavy (non-hydrogen) atoms. The number of fused-ring (bicyclic) bond motifs is 4. The predicted octanol–water partition coefficient (Wildman–Crippen LogP) is 9.79. The number of rotatable bonds is 49. The quantitative estimate of drug-likeness (QED) is 0.00957. The Bertz CT molecular complexity index is 5290. The zero-order chi connectivity index (χ0) is 88.9. The summed E-state index contributed by atoms with van der Waals surface area (Å²) in [5.74, 6) is -14.4. The Labute approximate surface area is 698 Å². The van der Waals surface area contributed by atoms with E-state index in [0.29, 0.717) is 85.1 Å². The average molecular weight is 1690 g/mol. The largest absolute Gasteiger partial charge is 0.497 e. The molecule has 0 amide bonds. The zero-order valence-electron chi connectivity index (χ0n) is 67.4. The summed E-state index contributed by atoms with van der Waals surface area (Å²) in [6.45, 7) is 3.50. The maximum absolute atomic E-state index is 12.3. The minimum absolute atomic E-state index is 0.0496. The number of carboxylic acids is 1. The Morgan fingerprint density at radius 2 is 0.730 bits per heavy atom. The van der Waals surface area contributed by atoms with Crippen molar-refractivity contribution in [1.29, 1.82) is 10.8 Å². The number of H-pyrrole nitrogens is 4. The molecule has 654 valence electrons. The van der Waals surface area contributed by atoms with Gasteiger partial charge in [0.25, 0.3) is 0 Å². The molecule has 4 aromatic heterocycles. The number of aromatic amines is 4. The number of nitrogens with zero attached hydrogens (tertiary/aromatic N) is 13. The van der Waals surface area contributed by atoms with E-state index in [9.17, 15) is 102 Å². The van der Waals surface area contributed by atoms with E-state index in [1.54, 1.807) is 122 Å². The third kappa shape index (κ3) is 27.5. The molecule has 0 spiro atoms. The Morgan fingerprint density at radius 1 is 0.385 bits per heavy atom. The Balaban J connectivity index is 1.13. The van der Waals surface area contributed by atoms with E-state index >= 15 is 0 Å². The van der Waals surface area contributed by atoms with Crippen molar-refractivity contribution in [3.63, 3.8) is 0 Å². The van der Waals surface area contributed by atoms with Crippen LogP contribution in [0.15, 0.2) is 187 Å². The fourth-order valence-corrected chi connectivity index (χ4v) is 13.2. The van der Waals surface area contributed by atoms with Crippen molar-refractivity contribution in [1.82, 2.24) is 19.9 Å². The number of aromatic nitrogens is 4. The maximum Gasteiger partial charge on any atom is 0.303 e. The van der Waals surface area contributed by atoms with Gasteiger partial charge in [-0.1, -0.05) is 72.8 Å². The van der Waals surface area contributed by atoms with Crippen LogP contribution in [0.2, 0.25) is 0 Å². The summed E-state index contributed by atoms with van der Waals surface area (Å²) in [4.78, 5) is 79.0. The number of carboxylic acid groups (broad SMARTS) is 1. The Morgan fingerprint density at radius 3 is 1.10 bits per heavy atom. The molecule has 0 unspecified atom stereocenters. The monoisotopic (exact) mass is 1690 g/mol. The second-order valence-electron chi connectivity index (χ2n) is 28.9. The fourth-order valence-electron chi connectivity index (χ4n) is 13.2. The molecule has 0 radical (unpaired) electrons. The number of aliphatic imine (C=N–C) groups is 13. The lowest BCUT2D eigenvalue weighted by atomic mass is 10.0. The van der Waals surface area contributed by atoms with Gasteiger partial charge in [-0.05, 0) is 112 Å². The van der Waals surface area contributed by atoms with E-state index in [4.69, 9.17) is 16.6 Å². The minimum atomic E-state index is -1.88. The number of unbranched alkanes of at least 4 members (excludes halogenated alkanes) is 2. The zero-order valence-corrected chi connectivity index (χ0v) is 67.4. The molecule has 40 nitrogen and oxygen atoms in total. The van der Waals surface area contributed by atoms with Crippen LogP contribution in [0.25, 0.3) is 43.6 Å². The van der Waals surface area contributed by atoms with E-state index in [1.807, 2.05) is 0 Å². The van der Waals surface area contributed by atoms with Gasteiger partial charge in [-0.25, -0.2) is 59.9 Å². The maximum atomic E-state index is 12.3. The van der Waals surface area contributed by atoms with Crippen molar-refractivity contribution >= 4 is 138 Å². The van der Waals surface area contributed by atoms with Gasteiger partial charge in [0.15, 0.2) is 35.8 Å². The smallest absolute Gasteiger partial charge is 0.303 e. The molecular formula is C82H106N20O20. The second-order valence-corrected chi connectivity index (χ2v) is 28.9. The van der Waals surface area contributed by atoms with Crippen molar-refractivity contribution in [2.45, 2.75) is 190 Å². The summed E-state index contributed by atoms with van der Waals surface area (Å²) in [7, 11) is 0. The summed E-state index contributed by atoms with van der Waals surface area (Å²) in [5, 5.41) is 232. The highest BCUT2D eigenvalue weighted by atomic mass is 16.4. The molecular weight excluding hydrogens is 1590 g/mol. The SMILES string of the molecule is CC(O)=NCCCC[C@H](N=C(O)[C@H](Cc1c[nH]c2ccccc12)N=C(O)[C@@H](N=C(O)[C@H](Cc1c[nH]c2ccccc12)N=C(O)[C@H](CCCCN)N=C(O)[C@H](CC(=N)O)N=C(O)CN=C(O)[C@H](CCC(=O)O)N=C(O)[C@H](Cc1c[nH]c2ccccc12)N=C(O)[C@@H](N=C(O)[C@H](Cc1c[nH]c2ccccc12)N=C(O)[C@H](CO)N=C(C)O)[C@@H](C)O)[C@@H](C)O)C(=N)O. The molecule has 0 aliphatic heterocycles. The van der Waals surface area contributed by atoms with Crippen molar-refractivity contribution in [3.05, 3.63) is 144 Å². The van der Waals surface area contributed by atoms with Crippen molar-refractivity contribution < 1.29 is 102 Å². The molecule has 13 atom stereocenters. The van der Waals surface area contributed by atoms with Crippen molar-refractivity contribution in [2.75, 3.05) is 26.2 Å². The number of carbonyl (C=O) groups is 1. The molecule has 0 aliphatic rings. The molecule has 8 aromatic rings. The average Bonchev–Trinajstić information content (AvgIpc) is 1.66. The highest BCUT2D eigenvalue weighted by Crippen LogP contribution is 2.28. The number of aliphatic carboxylic acids is 1. The Hall–Kier alpha value is -13.6. The van der Waals surface area contributed by atoms with E-state index in [1.165, 1.54) is 27.7 Å². The number of benzene rings is 4. The summed E-state index contributed by atoms with van der Waals surface area (Å²) >= 11 is 0. The Kier molecular flexibility index (Phi) is 35.0. The molecule has 8 rings (SSSR count). The van der Waals surface area contributed by atoms with Gasteiger partial charge in [-0.2, -0.15) is 0 Å². The summed E-state index contributed by atoms with van der Waals surface area (Å²) in [5.41, 5.74) is 10.6. The van der Waals surface area contributed by atoms with E-state index in [2.05, 4.69) is 84.8 Å². The van der Waals surface area contributed by atoms with Gasteiger partial charge >= 0.3 is 5.97 Å². The van der Waals surface area contributed by atoms with Crippen molar-refractivity contribution in [3.8, 4) is 0 Å². The van der Waals surface area contributed by atoms with Crippen LogP contribution in [-0.2, 0) is 30.5 Å². The van der Waals surface area contributed by atoms with Crippen LogP contribution in [0.5, 0.6) is 0 Å². The van der Waals surface area contributed by atoms with Gasteiger partial charge in [-0.3, -0.25) is 20.6 Å². The first-order chi connectivity index (χ1) is 58.2. The molecule has 0 aliphatic carbocycles. The normalized spacial score (nSPS) is 17.3. The molecule has 27 N–H and O–H groups in total. The number of hydrogen-bond acceptors (Lipinski definition) is 20.